The Morgan fingerprint density at radius 2 is 2.19 bits per heavy atom. The van der Waals surface area contributed by atoms with Crippen LogP contribution in [-0.4, -0.2) is 27.5 Å². The lowest BCUT2D eigenvalue weighted by Crippen LogP contribution is -2.26. The Morgan fingerprint density at radius 3 is 2.71 bits per heavy atom. The number of rotatable bonds is 6. The second-order valence-corrected chi connectivity index (χ2v) is 5.56. The van der Waals surface area contributed by atoms with E-state index in [9.17, 15) is 14.9 Å². The summed E-state index contributed by atoms with van der Waals surface area (Å²) in [5.41, 5.74) is -0.596. The first-order valence-electron chi connectivity index (χ1n) is 7.09. The van der Waals surface area contributed by atoms with Crippen LogP contribution in [0.2, 0.25) is 0 Å². The molecule has 0 atom stereocenters. The van der Waals surface area contributed by atoms with E-state index < -0.39 is 16.6 Å². The number of pyridine rings is 1. The van der Waals surface area contributed by atoms with Crippen LogP contribution in [0.4, 0.5) is 11.5 Å². The van der Waals surface area contributed by atoms with Crippen LogP contribution in [-0.2, 0) is 0 Å². The highest BCUT2D eigenvalue weighted by Crippen LogP contribution is 2.40. The molecule has 114 valence electrons. The smallest absolute Gasteiger partial charge is 0.342 e. The van der Waals surface area contributed by atoms with Crippen molar-refractivity contribution in [2.45, 2.75) is 39.0 Å². The van der Waals surface area contributed by atoms with Crippen molar-refractivity contribution in [1.82, 2.24) is 4.98 Å². The van der Waals surface area contributed by atoms with E-state index in [2.05, 4.69) is 17.2 Å². The van der Waals surface area contributed by atoms with E-state index in [4.69, 9.17) is 5.11 Å². The van der Waals surface area contributed by atoms with Crippen molar-refractivity contribution in [3.8, 4) is 0 Å². The minimum absolute atomic E-state index is 0.229. The van der Waals surface area contributed by atoms with Gasteiger partial charge in [-0.3, -0.25) is 10.1 Å². The molecule has 1 aromatic heterocycles. The Morgan fingerprint density at radius 1 is 1.52 bits per heavy atom. The average molecular weight is 293 g/mol. The van der Waals surface area contributed by atoms with Crippen LogP contribution in [0, 0.1) is 15.5 Å². The highest BCUT2D eigenvalue weighted by atomic mass is 16.6. The van der Waals surface area contributed by atoms with Gasteiger partial charge in [0, 0.05) is 12.6 Å². The Hall–Kier alpha value is -2.18. The van der Waals surface area contributed by atoms with Crippen molar-refractivity contribution in [2.75, 3.05) is 11.9 Å². The number of aromatic nitrogens is 1. The number of hydrogen-bond acceptors (Lipinski definition) is 5. The van der Waals surface area contributed by atoms with Gasteiger partial charge in [0.2, 0.25) is 0 Å². The summed E-state index contributed by atoms with van der Waals surface area (Å²) < 4.78 is 0. The Balaban J connectivity index is 2.15. The van der Waals surface area contributed by atoms with Crippen LogP contribution in [0.1, 0.15) is 49.4 Å². The molecular formula is C14H19N3O4. The molecule has 0 amide bonds. The van der Waals surface area contributed by atoms with Crippen LogP contribution in [0.25, 0.3) is 0 Å². The monoisotopic (exact) mass is 293 g/mol. The summed E-state index contributed by atoms with van der Waals surface area (Å²) in [7, 11) is 0. The maximum atomic E-state index is 11.1. The van der Waals surface area contributed by atoms with Gasteiger partial charge in [0.25, 0.3) is 0 Å². The molecule has 2 N–H and O–H groups in total. The third-order valence-corrected chi connectivity index (χ3v) is 4.37. The van der Waals surface area contributed by atoms with Crippen LogP contribution in [0.15, 0.2) is 12.3 Å². The summed E-state index contributed by atoms with van der Waals surface area (Å²) in [5, 5.41) is 23.0. The van der Waals surface area contributed by atoms with Gasteiger partial charge in [-0.15, -0.1) is 0 Å². The zero-order valence-corrected chi connectivity index (χ0v) is 12.0. The molecule has 0 unspecified atom stereocenters. The number of anilines is 1. The molecule has 1 aromatic rings. The van der Waals surface area contributed by atoms with Crippen molar-refractivity contribution in [3.05, 3.63) is 27.9 Å². The minimum atomic E-state index is -1.32. The van der Waals surface area contributed by atoms with Gasteiger partial charge in [0.05, 0.1) is 4.92 Å². The maximum absolute atomic E-state index is 11.1. The second-order valence-electron chi connectivity index (χ2n) is 5.56. The van der Waals surface area contributed by atoms with E-state index in [1.54, 1.807) is 0 Å². The molecule has 7 heteroatoms. The molecule has 1 saturated carbocycles. The van der Waals surface area contributed by atoms with E-state index in [1.807, 2.05) is 0 Å². The molecule has 2 rings (SSSR count). The molecule has 0 aliphatic heterocycles. The topological polar surface area (TPSA) is 105 Å². The third-order valence-electron chi connectivity index (χ3n) is 4.37. The molecule has 0 saturated heterocycles. The number of carboxylic acid groups (broad SMARTS) is 1. The fourth-order valence-electron chi connectivity index (χ4n) is 2.92. The molecular weight excluding hydrogens is 274 g/mol. The average Bonchev–Trinajstić information content (AvgIpc) is 2.94. The van der Waals surface area contributed by atoms with E-state index >= 15 is 0 Å². The lowest BCUT2D eigenvalue weighted by atomic mass is 9.83. The summed E-state index contributed by atoms with van der Waals surface area (Å²) in [6, 6.07) is 1.23. The van der Waals surface area contributed by atoms with Gasteiger partial charge in [0.1, 0.15) is 17.6 Å². The van der Waals surface area contributed by atoms with E-state index in [1.165, 1.54) is 18.9 Å². The minimum Gasteiger partial charge on any atom is -0.477 e. The number of nitrogens with one attached hydrogen (secondary N) is 1. The fourth-order valence-corrected chi connectivity index (χ4v) is 2.92. The first-order valence-corrected chi connectivity index (χ1v) is 7.09. The van der Waals surface area contributed by atoms with E-state index in [0.717, 1.165) is 25.5 Å². The Bertz CT molecular complexity index is 553. The largest absolute Gasteiger partial charge is 0.477 e. The molecule has 1 aliphatic carbocycles. The normalized spacial score (nSPS) is 16.6. The summed E-state index contributed by atoms with van der Waals surface area (Å²) in [5.74, 6) is -0.948. The Labute approximate surface area is 122 Å². The molecule has 1 fully saturated rings. The number of nitro groups is 1. The number of carbonyl (C=O) groups is 1. The first-order chi connectivity index (χ1) is 9.97. The van der Waals surface area contributed by atoms with Crippen molar-refractivity contribution < 1.29 is 14.8 Å². The van der Waals surface area contributed by atoms with Crippen LogP contribution in [0.5, 0.6) is 0 Å². The second kappa shape index (κ2) is 6.07. The van der Waals surface area contributed by atoms with Crippen molar-refractivity contribution in [2.24, 2.45) is 5.41 Å². The van der Waals surface area contributed by atoms with Gasteiger partial charge in [-0.25, -0.2) is 9.78 Å². The van der Waals surface area contributed by atoms with Crippen molar-refractivity contribution in [3.63, 3.8) is 0 Å². The standard InChI is InChI=1S/C14H19N3O4/c1-2-14(5-3-4-6-14)9-16-12-7-10(13(18)19)11(8-15-12)17(20)21/h7-8H,2-6,9H2,1H3,(H,15,16)(H,18,19). The SMILES string of the molecule is CCC1(CNc2cc(C(=O)O)c([N+](=O)[O-])cn2)CCCC1. The van der Waals surface area contributed by atoms with Crippen molar-refractivity contribution >= 4 is 17.5 Å². The number of hydrogen-bond donors (Lipinski definition) is 2. The predicted molar refractivity (Wildman–Crippen MR) is 77.5 cm³/mol. The van der Waals surface area contributed by atoms with Gasteiger partial charge in [-0.05, 0) is 24.7 Å². The zero-order valence-electron chi connectivity index (χ0n) is 12.0. The van der Waals surface area contributed by atoms with Crippen LogP contribution < -0.4 is 5.32 Å². The molecule has 0 aromatic carbocycles. The summed E-state index contributed by atoms with van der Waals surface area (Å²) in [6.07, 6.45) is 6.77. The Kier molecular flexibility index (Phi) is 4.40. The highest BCUT2D eigenvalue weighted by molar-refractivity contribution is 5.93. The lowest BCUT2D eigenvalue weighted by Gasteiger charge is -2.27. The van der Waals surface area contributed by atoms with Gasteiger partial charge < -0.3 is 10.4 Å². The maximum Gasteiger partial charge on any atom is 0.342 e. The number of aromatic carboxylic acids is 1. The third kappa shape index (κ3) is 3.29. The van der Waals surface area contributed by atoms with Crippen molar-refractivity contribution in [1.29, 1.82) is 0 Å². The highest BCUT2D eigenvalue weighted by Gasteiger charge is 2.32. The lowest BCUT2D eigenvalue weighted by molar-refractivity contribution is -0.385. The molecule has 0 radical (unpaired) electrons. The van der Waals surface area contributed by atoms with Gasteiger partial charge in [0.15, 0.2) is 0 Å². The summed E-state index contributed by atoms with van der Waals surface area (Å²) >= 11 is 0. The van der Waals surface area contributed by atoms with Crippen LogP contribution in [0.3, 0.4) is 0 Å². The number of nitrogens with zero attached hydrogens (tertiary/aromatic N) is 2. The molecule has 1 aliphatic rings. The quantitative estimate of drug-likeness (QED) is 0.616. The molecule has 21 heavy (non-hydrogen) atoms. The zero-order chi connectivity index (χ0) is 15.5. The molecule has 7 nitrogen and oxygen atoms in total. The van der Waals surface area contributed by atoms with E-state index in [0.29, 0.717) is 12.4 Å². The number of carboxylic acids is 1. The van der Waals surface area contributed by atoms with E-state index in [-0.39, 0.29) is 11.0 Å². The predicted octanol–water partition coefficient (Wildman–Crippen LogP) is 3.07. The van der Waals surface area contributed by atoms with Crippen LogP contribution >= 0.6 is 0 Å². The molecule has 0 bridgehead atoms. The first kappa shape index (κ1) is 15.2. The summed E-state index contributed by atoms with van der Waals surface area (Å²) in [6.45, 7) is 2.87. The van der Waals surface area contributed by atoms with Gasteiger partial charge in [-0.2, -0.15) is 0 Å². The summed E-state index contributed by atoms with van der Waals surface area (Å²) in [4.78, 5) is 25.1. The molecule has 0 spiro atoms. The molecule has 1 heterocycles. The van der Waals surface area contributed by atoms with Gasteiger partial charge >= 0.3 is 11.7 Å². The van der Waals surface area contributed by atoms with Gasteiger partial charge in [-0.1, -0.05) is 19.8 Å². The fraction of sp³-hybridized carbons (Fsp3) is 0.571.